The minimum atomic E-state index is -0.547. The third-order valence-electron chi connectivity index (χ3n) is 1.39. The van der Waals surface area contributed by atoms with Crippen LogP contribution in [0.25, 0.3) is 0 Å². The van der Waals surface area contributed by atoms with E-state index in [4.69, 9.17) is 10.3 Å². The molecule has 10 heavy (non-hydrogen) atoms. The van der Waals surface area contributed by atoms with E-state index in [2.05, 4.69) is 5.16 Å². The van der Waals surface area contributed by atoms with Crippen LogP contribution in [0.2, 0.25) is 0 Å². The molecule has 54 valence electrons. The van der Waals surface area contributed by atoms with E-state index in [0.717, 1.165) is 0 Å². The monoisotopic (exact) mass is 140 g/mol. The van der Waals surface area contributed by atoms with Gasteiger partial charge in [-0.3, -0.25) is 4.79 Å². The third kappa shape index (κ3) is 0.877. The summed E-state index contributed by atoms with van der Waals surface area (Å²) in [5, 5.41) is 3.47. The molecule has 0 saturated heterocycles. The molecule has 1 aromatic heterocycles. The Bertz CT molecular complexity index is 265. The van der Waals surface area contributed by atoms with Gasteiger partial charge >= 0.3 is 0 Å². The smallest absolute Gasteiger partial charge is 0.271 e. The molecule has 0 bridgehead atoms. The summed E-state index contributed by atoms with van der Waals surface area (Å²) in [7, 11) is 0. The lowest BCUT2D eigenvalue weighted by atomic mass is 10.2. The molecule has 0 atom stereocenters. The highest BCUT2D eigenvalue weighted by Crippen LogP contribution is 2.09. The van der Waals surface area contributed by atoms with Crippen LogP contribution >= 0.6 is 0 Å². The van der Waals surface area contributed by atoms with Crippen LogP contribution in [-0.2, 0) is 0 Å². The highest BCUT2D eigenvalue weighted by atomic mass is 16.5. The van der Waals surface area contributed by atoms with E-state index in [1.807, 2.05) is 0 Å². The first-order chi connectivity index (χ1) is 4.63. The van der Waals surface area contributed by atoms with E-state index in [1.54, 1.807) is 13.8 Å². The van der Waals surface area contributed by atoms with Gasteiger partial charge in [0.1, 0.15) is 5.76 Å². The number of amides is 1. The number of nitrogens with two attached hydrogens (primary N) is 1. The highest BCUT2D eigenvalue weighted by Gasteiger charge is 2.11. The molecule has 0 aliphatic rings. The second-order valence-corrected chi connectivity index (χ2v) is 2.08. The minimum absolute atomic E-state index is 0.220. The van der Waals surface area contributed by atoms with Crippen molar-refractivity contribution in [3.63, 3.8) is 0 Å². The molecular formula is C6H8N2O2. The van der Waals surface area contributed by atoms with Crippen molar-refractivity contribution < 1.29 is 9.32 Å². The van der Waals surface area contributed by atoms with E-state index in [1.165, 1.54) is 0 Å². The van der Waals surface area contributed by atoms with Crippen LogP contribution in [0, 0.1) is 13.8 Å². The Morgan fingerprint density at radius 2 is 2.20 bits per heavy atom. The zero-order valence-corrected chi connectivity index (χ0v) is 5.84. The predicted octanol–water partition coefficient (Wildman–Crippen LogP) is 0.390. The van der Waals surface area contributed by atoms with Crippen LogP contribution in [0.5, 0.6) is 0 Å². The number of hydrogen-bond donors (Lipinski definition) is 1. The normalized spacial score (nSPS) is 9.80. The quantitative estimate of drug-likeness (QED) is 0.613. The van der Waals surface area contributed by atoms with Crippen molar-refractivity contribution in [3.8, 4) is 0 Å². The van der Waals surface area contributed by atoms with Crippen molar-refractivity contribution in [2.45, 2.75) is 13.8 Å². The largest absolute Gasteiger partial charge is 0.364 e. The highest BCUT2D eigenvalue weighted by molar-refractivity contribution is 5.92. The summed E-state index contributed by atoms with van der Waals surface area (Å²) in [6, 6.07) is 0. The Morgan fingerprint density at radius 3 is 2.40 bits per heavy atom. The number of hydrogen-bond acceptors (Lipinski definition) is 3. The molecule has 0 radical (unpaired) electrons. The zero-order valence-electron chi connectivity index (χ0n) is 5.84. The van der Waals surface area contributed by atoms with Crippen LogP contribution in [0.4, 0.5) is 0 Å². The Morgan fingerprint density at radius 1 is 1.60 bits per heavy atom. The van der Waals surface area contributed by atoms with Gasteiger partial charge in [0.25, 0.3) is 5.91 Å². The van der Waals surface area contributed by atoms with Crippen LogP contribution in [0.1, 0.15) is 21.8 Å². The van der Waals surface area contributed by atoms with Gasteiger partial charge in [0, 0.05) is 5.56 Å². The number of aromatic nitrogens is 1. The maximum atomic E-state index is 10.5. The van der Waals surface area contributed by atoms with Gasteiger partial charge in [-0.2, -0.15) is 0 Å². The maximum Gasteiger partial charge on any atom is 0.271 e. The van der Waals surface area contributed by atoms with E-state index < -0.39 is 5.91 Å². The number of rotatable bonds is 1. The van der Waals surface area contributed by atoms with Crippen molar-refractivity contribution in [3.05, 3.63) is 17.0 Å². The molecule has 4 nitrogen and oxygen atoms in total. The summed E-state index contributed by atoms with van der Waals surface area (Å²) < 4.78 is 4.71. The second kappa shape index (κ2) is 2.13. The molecular weight excluding hydrogens is 132 g/mol. The van der Waals surface area contributed by atoms with Crippen molar-refractivity contribution in [1.29, 1.82) is 0 Å². The van der Waals surface area contributed by atoms with Crippen molar-refractivity contribution >= 4 is 5.91 Å². The molecule has 1 heterocycles. The minimum Gasteiger partial charge on any atom is -0.364 e. The van der Waals surface area contributed by atoms with E-state index in [-0.39, 0.29) is 5.69 Å². The van der Waals surface area contributed by atoms with Crippen LogP contribution in [-0.4, -0.2) is 11.1 Å². The molecule has 0 fully saturated rings. The number of aryl methyl sites for hydroxylation is 1. The number of nitrogens with zero attached hydrogens (tertiary/aromatic N) is 1. The average molecular weight is 140 g/mol. The van der Waals surface area contributed by atoms with Gasteiger partial charge in [-0.15, -0.1) is 0 Å². The molecule has 0 aliphatic carbocycles. The molecule has 4 heteroatoms. The fourth-order valence-corrected chi connectivity index (χ4v) is 0.648. The zero-order chi connectivity index (χ0) is 7.72. The lowest BCUT2D eigenvalue weighted by Gasteiger charge is -1.85. The summed E-state index contributed by atoms with van der Waals surface area (Å²) in [4.78, 5) is 10.5. The molecule has 0 spiro atoms. The van der Waals surface area contributed by atoms with Gasteiger partial charge in [-0.05, 0) is 13.8 Å². The first-order valence-electron chi connectivity index (χ1n) is 2.85. The molecule has 2 N–H and O–H groups in total. The number of carbonyl (C=O) groups excluding carboxylic acids is 1. The topological polar surface area (TPSA) is 69.1 Å². The first-order valence-corrected chi connectivity index (χ1v) is 2.85. The Balaban J connectivity index is 3.17. The molecule has 0 saturated carbocycles. The Hall–Kier alpha value is -1.32. The van der Waals surface area contributed by atoms with Gasteiger partial charge in [0.2, 0.25) is 0 Å². The molecule has 0 aliphatic heterocycles. The third-order valence-corrected chi connectivity index (χ3v) is 1.39. The Labute approximate surface area is 58.0 Å². The van der Waals surface area contributed by atoms with Gasteiger partial charge in [0.15, 0.2) is 5.69 Å². The fraction of sp³-hybridized carbons (Fsp3) is 0.333. The molecule has 0 unspecified atom stereocenters. The van der Waals surface area contributed by atoms with Gasteiger partial charge in [-0.1, -0.05) is 5.16 Å². The second-order valence-electron chi connectivity index (χ2n) is 2.08. The molecule has 1 aromatic rings. The standard InChI is InChI=1S/C6H8N2O2/c1-3-4(2)10-8-5(3)6(7)9/h1-2H3,(H2,7,9). The van der Waals surface area contributed by atoms with E-state index in [0.29, 0.717) is 11.3 Å². The van der Waals surface area contributed by atoms with Crippen molar-refractivity contribution in [2.24, 2.45) is 5.73 Å². The van der Waals surface area contributed by atoms with E-state index in [9.17, 15) is 4.79 Å². The molecule has 1 rings (SSSR count). The fourth-order valence-electron chi connectivity index (χ4n) is 0.648. The number of primary amides is 1. The summed E-state index contributed by atoms with van der Waals surface area (Å²) in [6.07, 6.45) is 0. The molecule has 1 amide bonds. The molecule has 0 aromatic carbocycles. The summed E-state index contributed by atoms with van der Waals surface area (Å²) in [6.45, 7) is 3.47. The van der Waals surface area contributed by atoms with Crippen LogP contribution in [0.15, 0.2) is 4.52 Å². The van der Waals surface area contributed by atoms with Crippen LogP contribution < -0.4 is 5.73 Å². The summed E-state index contributed by atoms with van der Waals surface area (Å²) in [5.74, 6) is 0.0862. The average Bonchev–Trinajstić information content (AvgIpc) is 2.14. The van der Waals surface area contributed by atoms with Crippen molar-refractivity contribution in [2.75, 3.05) is 0 Å². The lowest BCUT2D eigenvalue weighted by Crippen LogP contribution is -2.12. The van der Waals surface area contributed by atoms with Gasteiger partial charge in [-0.25, -0.2) is 0 Å². The SMILES string of the molecule is Cc1onc(C(N)=O)c1C. The lowest BCUT2D eigenvalue weighted by molar-refractivity contribution is 0.0991. The predicted molar refractivity (Wildman–Crippen MR) is 34.5 cm³/mol. The summed E-state index contributed by atoms with van der Waals surface area (Å²) in [5.41, 5.74) is 5.90. The first kappa shape index (κ1) is 6.80. The van der Waals surface area contributed by atoms with Gasteiger partial charge in [0.05, 0.1) is 0 Å². The van der Waals surface area contributed by atoms with Crippen molar-refractivity contribution in [1.82, 2.24) is 5.16 Å². The van der Waals surface area contributed by atoms with Crippen LogP contribution in [0.3, 0.4) is 0 Å². The summed E-state index contributed by atoms with van der Waals surface area (Å²) >= 11 is 0. The van der Waals surface area contributed by atoms with Gasteiger partial charge < -0.3 is 10.3 Å². The Kier molecular flexibility index (Phi) is 1.45. The maximum absolute atomic E-state index is 10.5. The number of carbonyl (C=O) groups is 1. The van der Waals surface area contributed by atoms with E-state index >= 15 is 0 Å².